The largest absolute Gasteiger partial charge is 0.431 e. The quantitative estimate of drug-likeness (QED) is 0.308. The van der Waals surface area contributed by atoms with Gasteiger partial charge in [-0.05, 0) is 49.1 Å². The molecule has 1 amide bonds. The number of benzene rings is 1. The first kappa shape index (κ1) is 21.1. The zero-order valence-corrected chi connectivity index (χ0v) is 18.6. The lowest BCUT2D eigenvalue weighted by Crippen LogP contribution is -2.45. The van der Waals surface area contributed by atoms with E-state index < -0.39 is 0 Å². The maximum Gasteiger partial charge on any atom is 0.288 e. The fraction of sp³-hybridized carbons (Fsp3) is 0.217. The second-order valence-corrected chi connectivity index (χ2v) is 8.68. The van der Waals surface area contributed by atoms with Gasteiger partial charge < -0.3 is 20.0 Å². The van der Waals surface area contributed by atoms with Crippen molar-refractivity contribution >= 4 is 34.6 Å². The van der Waals surface area contributed by atoms with E-state index in [-0.39, 0.29) is 17.7 Å². The summed E-state index contributed by atoms with van der Waals surface area (Å²) in [4.78, 5) is 24.8. The number of nitrogens with one attached hydrogen (secondary N) is 4. The lowest BCUT2D eigenvalue weighted by Gasteiger charge is -2.37. The number of pyridine rings is 1. The maximum atomic E-state index is 11.9. The van der Waals surface area contributed by atoms with Gasteiger partial charge in [0, 0.05) is 41.8 Å². The van der Waals surface area contributed by atoms with Crippen LogP contribution in [0.25, 0.3) is 22.5 Å². The van der Waals surface area contributed by atoms with E-state index >= 15 is 0 Å². The average Bonchev–Trinajstić information content (AvgIpc) is 3.50. The topological polar surface area (TPSA) is 132 Å². The molecule has 0 saturated heterocycles. The van der Waals surface area contributed by atoms with Crippen LogP contribution >= 0.6 is 11.9 Å². The van der Waals surface area contributed by atoms with Gasteiger partial charge in [-0.1, -0.05) is 6.07 Å². The standard InChI is InChI=1S/C23H21N7O2S/c1-25-22(31)19-12-28-23(32-19)18-11-27-21-17(5-6-26-21)20(18)29-14-8-15(9-14)30-33-16-4-2-3-13(7-16)10-24/h2-7,11-12,14-15,30H,8-9H2,1H3,(H,25,31)(H2,26,27,29). The molecule has 0 aliphatic heterocycles. The molecule has 9 nitrogen and oxygen atoms in total. The molecule has 3 heterocycles. The second kappa shape index (κ2) is 8.97. The van der Waals surface area contributed by atoms with Crippen molar-refractivity contribution in [2.45, 2.75) is 29.8 Å². The minimum Gasteiger partial charge on any atom is -0.431 e. The van der Waals surface area contributed by atoms with Crippen LogP contribution in [-0.4, -0.2) is 40.0 Å². The summed E-state index contributed by atoms with van der Waals surface area (Å²) in [5.41, 5.74) is 3.00. The van der Waals surface area contributed by atoms with Crippen LogP contribution < -0.4 is 15.4 Å². The summed E-state index contributed by atoms with van der Waals surface area (Å²) in [7, 11) is 1.55. The van der Waals surface area contributed by atoms with Gasteiger partial charge in [-0.15, -0.1) is 0 Å². The lowest BCUT2D eigenvalue weighted by molar-refractivity contribution is 0.0936. The van der Waals surface area contributed by atoms with Crippen LogP contribution in [0.5, 0.6) is 0 Å². The molecular formula is C23H21N7O2S. The van der Waals surface area contributed by atoms with Gasteiger partial charge in [0.1, 0.15) is 5.65 Å². The van der Waals surface area contributed by atoms with Crippen LogP contribution in [0.1, 0.15) is 29.0 Å². The van der Waals surface area contributed by atoms with E-state index in [1.807, 2.05) is 30.5 Å². The molecule has 166 valence electrons. The molecule has 0 spiro atoms. The van der Waals surface area contributed by atoms with Gasteiger partial charge in [0.2, 0.25) is 11.7 Å². The van der Waals surface area contributed by atoms with Crippen molar-refractivity contribution < 1.29 is 9.21 Å². The Balaban J connectivity index is 1.29. The third kappa shape index (κ3) is 4.28. The zero-order chi connectivity index (χ0) is 22.8. The number of hydrogen-bond acceptors (Lipinski definition) is 8. The fourth-order valence-corrected chi connectivity index (χ4v) is 4.60. The minimum absolute atomic E-state index is 0.151. The van der Waals surface area contributed by atoms with Gasteiger partial charge in [0.05, 0.1) is 29.1 Å². The van der Waals surface area contributed by atoms with Crippen LogP contribution in [0.2, 0.25) is 0 Å². The van der Waals surface area contributed by atoms with Gasteiger partial charge >= 0.3 is 0 Å². The van der Waals surface area contributed by atoms with E-state index in [0.29, 0.717) is 23.1 Å². The number of fused-ring (bicyclic) bond motifs is 1. The molecule has 33 heavy (non-hydrogen) atoms. The number of oxazole rings is 1. The molecule has 1 fully saturated rings. The molecule has 5 rings (SSSR count). The van der Waals surface area contributed by atoms with E-state index in [9.17, 15) is 4.79 Å². The van der Waals surface area contributed by atoms with Crippen LogP contribution in [0, 0.1) is 11.3 Å². The summed E-state index contributed by atoms with van der Waals surface area (Å²) in [5.74, 6) is 0.163. The number of hydrogen-bond donors (Lipinski definition) is 4. The molecule has 4 aromatic rings. The number of carbonyl (C=O) groups excluding carboxylic acids is 1. The van der Waals surface area contributed by atoms with Gasteiger partial charge in [-0.2, -0.15) is 5.26 Å². The highest BCUT2D eigenvalue weighted by molar-refractivity contribution is 7.97. The summed E-state index contributed by atoms with van der Waals surface area (Å²) < 4.78 is 9.17. The molecular weight excluding hydrogens is 438 g/mol. The van der Waals surface area contributed by atoms with E-state index in [4.69, 9.17) is 9.68 Å². The average molecular weight is 460 g/mol. The van der Waals surface area contributed by atoms with Crippen molar-refractivity contribution in [1.29, 1.82) is 5.26 Å². The molecule has 0 radical (unpaired) electrons. The Morgan fingerprint density at radius 3 is 2.94 bits per heavy atom. The summed E-state index contributed by atoms with van der Waals surface area (Å²) >= 11 is 1.55. The van der Waals surface area contributed by atoms with Crippen molar-refractivity contribution in [3.05, 3.63) is 60.2 Å². The predicted octanol–water partition coefficient (Wildman–Crippen LogP) is 3.69. The molecule has 0 bridgehead atoms. The normalized spacial score (nSPS) is 17.3. The second-order valence-electron chi connectivity index (χ2n) is 7.76. The van der Waals surface area contributed by atoms with E-state index in [1.165, 1.54) is 6.20 Å². The van der Waals surface area contributed by atoms with Crippen molar-refractivity contribution in [3.63, 3.8) is 0 Å². The van der Waals surface area contributed by atoms with Gasteiger partial charge in [0.15, 0.2) is 0 Å². The van der Waals surface area contributed by atoms with Gasteiger partial charge in [0.25, 0.3) is 5.91 Å². The summed E-state index contributed by atoms with van der Waals surface area (Å²) in [6, 6.07) is 12.3. The first-order valence-corrected chi connectivity index (χ1v) is 11.3. The molecule has 1 aliphatic carbocycles. The van der Waals surface area contributed by atoms with Crippen molar-refractivity contribution in [2.24, 2.45) is 0 Å². The van der Waals surface area contributed by atoms with Crippen LogP contribution in [0.3, 0.4) is 0 Å². The maximum absolute atomic E-state index is 11.9. The molecule has 0 unspecified atom stereocenters. The summed E-state index contributed by atoms with van der Waals surface area (Å²) in [6.07, 6.45) is 6.84. The molecule has 1 saturated carbocycles. The Labute approximate surface area is 194 Å². The number of H-pyrrole nitrogens is 1. The Bertz CT molecular complexity index is 1350. The highest BCUT2D eigenvalue weighted by Gasteiger charge is 2.30. The first-order valence-electron chi connectivity index (χ1n) is 10.5. The van der Waals surface area contributed by atoms with Crippen molar-refractivity contribution in [1.82, 2.24) is 25.0 Å². The number of aromatic amines is 1. The fourth-order valence-electron chi connectivity index (χ4n) is 3.77. The SMILES string of the molecule is CNC(=O)c1cnc(-c2cnc3[nH]ccc3c2NC2CC(NSc3cccc(C#N)c3)C2)o1. The highest BCUT2D eigenvalue weighted by Crippen LogP contribution is 2.36. The molecule has 10 heteroatoms. The molecule has 3 aromatic heterocycles. The monoisotopic (exact) mass is 459 g/mol. The zero-order valence-electron chi connectivity index (χ0n) is 17.8. The molecule has 4 N–H and O–H groups in total. The number of aromatic nitrogens is 3. The van der Waals surface area contributed by atoms with E-state index in [2.05, 4.69) is 36.4 Å². The molecule has 1 aliphatic rings. The van der Waals surface area contributed by atoms with Crippen LogP contribution in [-0.2, 0) is 0 Å². The summed E-state index contributed by atoms with van der Waals surface area (Å²) in [6.45, 7) is 0. The Hall–Kier alpha value is -3.81. The third-order valence-electron chi connectivity index (χ3n) is 5.57. The Kier molecular flexibility index (Phi) is 5.73. The number of anilines is 1. The van der Waals surface area contributed by atoms with E-state index in [0.717, 1.165) is 34.5 Å². The van der Waals surface area contributed by atoms with Crippen molar-refractivity contribution in [3.8, 4) is 17.5 Å². The van der Waals surface area contributed by atoms with Crippen molar-refractivity contribution in [2.75, 3.05) is 12.4 Å². The predicted molar refractivity (Wildman–Crippen MR) is 126 cm³/mol. The lowest BCUT2D eigenvalue weighted by atomic mass is 9.87. The Morgan fingerprint density at radius 1 is 1.24 bits per heavy atom. The molecule has 0 atom stereocenters. The number of amides is 1. The first-order chi connectivity index (χ1) is 16.1. The molecule has 1 aromatic carbocycles. The minimum atomic E-state index is -0.329. The number of rotatable bonds is 7. The van der Waals surface area contributed by atoms with Gasteiger partial charge in [-0.25, -0.2) is 9.97 Å². The van der Waals surface area contributed by atoms with Gasteiger partial charge in [-0.3, -0.25) is 9.52 Å². The van der Waals surface area contributed by atoms with E-state index in [1.54, 1.807) is 31.3 Å². The number of nitriles is 1. The summed E-state index contributed by atoms with van der Waals surface area (Å²) in [5, 5.41) is 16.1. The number of carbonyl (C=O) groups is 1. The highest BCUT2D eigenvalue weighted by atomic mass is 32.2. The smallest absolute Gasteiger partial charge is 0.288 e. The Morgan fingerprint density at radius 2 is 2.12 bits per heavy atom. The van der Waals surface area contributed by atoms with Crippen LogP contribution in [0.15, 0.2) is 58.2 Å². The third-order valence-corrected chi connectivity index (χ3v) is 6.51. The number of nitrogens with zero attached hydrogens (tertiary/aromatic N) is 3. The van der Waals surface area contributed by atoms with Crippen LogP contribution in [0.4, 0.5) is 5.69 Å².